The van der Waals surface area contributed by atoms with Gasteiger partial charge in [0.25, 0.3) is 5.91 Å². The zero-order valence-electron chi connectivity index (χ0n) is 24.7. The smallest absolute Gasteiger partial charge is 0.309 e. The molecule has 2 aromatic heterocycles. The first kappa shape index (κ1) is 30.6. The molecule has 2 aromatic carbocycles. The van der Waals surface area contributed by atoms with Crippen molar-refractivity contribution in [2.45, 2.75) is 46.3 Å². The second-order valence-electron chi connectivity index (χ2n) is 10.4. The standard InChI is InChI=1S/C33H36ClN3O5S/c1-4-41-33(39)24-14-16-36(17-15-24)32(38)26-19-29(37(22(26)2)18-13-23-9-11-25(40-3)12-10-23)28-21-43-31(35-28)20-42-30-8-6-5-7-27(30)34/h5-12,19,21,24H,4,13-18,20H2,1-3H3. The van der Waals surface area contributed by atoms with Crippen molar-refractivity contribution >= 4 is 34.8 Å². The zero-order valence-corrected chi connectivity index (χ0v) is 26.2. The number of para-hydroxylation sites is 1. The van der Waals surface area contributed by atoms with Gasteiger partial charge in [-0.1, -0.05) is 35.9 Å². The molecule has 5 rings (SSSR count). The molecule has 1 saturated heterocycles. The van der Waals surface area contributed by atoms with Gasteiger partial charge in [0.1, 0.15) is 23.1 Å². The van der Waals surface area contributed by atoms with Gasteiger partial charge in [-0.15, -0.1) is 11.3 Å². The second kappa shape index (κ2) is 14.1. The molecule has 1 fully saturated rings. The van der Waals surface area contributed by atoms with E-state index >= 15 is 0 Å². The minimum atomic E-state index is -0.171. The molecule has 0 N–H and O–H groups in total. The normalized spacial score (nSPS) is 13.6. The van der Waals surface area contributed by atoms with Crippen LogP contribution in [0.5, 0.6) is 11.5 Å². The summed E-state index contributed by atoms with van der Waals surface area (Å²) in [5.41, 5.74) is 4.39. The van der Waals surface area contributed by atoms with Gasteiger partial charge in [0.2, 0.25) is 0 Å². The lowest BCUT2D eigenvalue weighted by molar-refractivity contribution is -0.149. The van der Waals surface area contributed by atoms with Gasteiger partial charge in [0, 0.05) is 30.7 Å². The van der Waals surface area contributed by atoms with Crippen molar-refractivity contribution in [2.24, 2.45) is 5.92 Å². The largest absolute Gasteiger partial charge is 0.497 e. The Morgan fingerprint density at radius 2 is 1.84 bits per heavy atom. The third kappa shape index (κ3) is 7.22. The fraction of sp³-hybridized carbons (Fsp3) is 0.364. The molecule has 1 aliphatic heterocycles. The number of rotatable bonds is 11. The Bertz CT molecular complexity index is 1560. The molecular formula is C33H36ClN3O5S. The lowest BCUT2D eigenvalue weighted by Crippen LogP contribution is -2.40. The number of likely N-dealkylation sites (tertiary alicyclic amines) is 1. The molecule has 0 radical (unpaired) electrons. The number of benzene rings is 2. The molecule has 0 spiro atoms. The second-order valence-corrected chi connectivity index (χ2v) is 11.8. The van der Waals surface area contributed by atoms with Crippen molar-refractivity contribution in [3.05, 3.63) is 86.8 Å². The number of methoxy groups -OCH3 is 1. The first-order valence-corrected chi connectivity index (χ1v) is 15.7. The van der Waals surface area contributed by atoms with Crippen LogP contribution in [0.3, 0.4) is 0 Å². The van der Waals surface area contributed by atoms with E-state index in [2.05, 4.69) is 16.7 Å². The molecule has 0 bridgehead atoms. The van der Waals surface area contributed by atoms with E-state index in [1.165, 1.54) is 16.9 Å². The van der Waals surface area contributed by atoms with Gasteiger partial charge in [-0.3, -0.25) is 9.59 Å². The summed E-state index contributed by atoms with van der Waals surface area (Å²) in [5, 5.41) is 3.37. The fourth-order valence-electron chi connectivity index (χ4n) is 5.34. The van der Waals surface area contributed by atoms with E-state index < -0.39 is 0 Å². The van der Waals surface area contributed by atoms with Gasteiger partial charge < -0.3 is 23.7 Å². The molecule has 43 heavy (non-hydrogen) atoms. The highest BCUT2D eigenvalue weighted by molar-refractivity contribution is 7.09. The molecule has 226 valence electrons. The van der Waals surface area contributed by atoms with Crippen LogP contribution in [-0.4, -0.2) is 53.1 Å². The predicted octanol–water partition coefficient (Wildman–Crippen LogP) is 6.82. The van der Waals surface area contributed by atoms with Crippen LogP contribution in [0.4, 0.5) is 0 Å². The number of aromatic nitrogens is 2. The molecule has 10 heteroatoms. The van der Waals surface area contributed by atoms with Crippen molar-refractivity contribution in [1.82, 2.24) is 14.5 Å². The number of aryl methyl sites for hydroxylation is 1. The molecule has 8 nitrogen and oxygen atoms in total. The van der Waals surface area contributed by atoms with Crippen LogP contribution in [-0.2, 0) is 29.1 Å². The summed E-state index contributed by atoms with van der Waals surface area (Å²) in [6.45, 7) is 6.18. The molecule has 0 aliphatic carbocycles. The van der Waals surface area contributed by atoms with Crippen LogP contribution < -0.4 is 9.47 Å². The highest BCUT2D eigenvalue weighted by atomic mass is 35.5. The molecule has 0 atom stereocenters. The van der Waals surface area contributed by atoms with E-state index in [0.717, 1.165) is 34.3 Å². The Morgan fingerprint density at radius 1 is 1.09 bits per heavy atom. The summed E-state index contributed by atoms with van der Waals surface area (Å²) >= 11 is 7.76. The van der Waals surface area contributed by atoms with Gasteiger partial charge >= 0.3 is 5.97 Å². The Morgan fingerprint density at radius 3 is 2.53 bits per heavy atom. The molecule has 3 heterocycles. The first-order valence-electron chi connectivity index (χ1n) is 14.5. The lowest BCUT2D eigenvalue weighted by Gasteiger charge is -2.31. The number of piperidine rings is 1. The van der Waals surface area contributed by atoms with Gasteiger partial charge in [0.05, 0.1) is 41.6 Å². The maximum atomic E-state index is 13.8. The number of carbonyl (C=O) groups excluding carboxylic acids is 2. The summed E-state index contributed by atoms with van der Waals surface area (Å²) in [6.07, 6.45) is 1.99. The Balaban J connectivity index is 1.37. The van der Waals surface area contributed by atoms with Crippen LogP contribution in [0.1, 0.15) is 46.4 Å². The number of nitrogens with zero attached hydrogens (tertiary/aromatic N) is 3. The SMILES string of the molecule is CCOC(=O)C1CCN(C(=O)c2cc(-c3csc(COc4ccccc4Cl)n3)n(CCc3ccc(OC)cc3)c2C)CC1. The summed E-state index contributed by atoms with van der Waals surface area (Å²) in [6, 6.07) is 17.4. The van der Waals surface area contributed by atoms with Crippen LogP contribution in [0.15, 0.2) is 60.0 Å². The Kier molecular flexibility index (Phi) is 10.0. The van der Waals surface area contributed by atoms with Gasteiger partial charge in [-0.2, -0.15) is 0 Å². The van der Waals surface area contributed by atoms with Gasteiger partial charge in [-0.05, 0) is 69.0 Å². The van der Waals surface area contributed by atoms with Gasteiger partial charge in [0.15, 0.2) is 0 Å². The molecule has 1 aliphatic rings. The van der Waals surface area contributed by atoms with Crippen molar-refractivity contribution in [2.75, 3.05) is 26.8 Å². The topological polar surface area (TPSA) is 82.9 Å². The number of carbonyl (C=O) groups is 2. The number of amides is 1. The van der Waals surface area contributed by atoms with Crippen molar-refractivity contribution in [1.29, 1.82) is 0 Å². The maximum Gasteiger partial charge on any atom is 0.309 e. The summed E-state index contributed by atoms with van der Waals surface area (Å²) in [7, 11) is 1.66. The van der Waals surface area contributed by atoms with Crippen LogP contribution >= 0.6 is 22.9 Å². The van der Waals surface area contributed by atoms with E-state index in [0.29, 0.717) is 62.0 Å². The van der Waals surface area contributed by atoms with E-state index in [4.69, 9.17) is 30.8 Å². The minimum Gasteiger partial charge on any atom is -0.497 e. The predicted molar refractivity (Wildman–Crippen MR) is 168 cm³/mol. The van der Waals surface area contributed by atoms with Crippen LogP contribution in [0.25, 0.3) is 11.4 Å². The van der Waals surface area contributed by atoms with Gasteiger partial charge in [-0.25, -0.2) is 4.98 Å². The molecule has 0 unspecified atom stereocenters. The summed E-state index contributed by atoms with van der Waals surface area (Å²) in [4.78, 5) is 32.7. The first-order chi connectivity index (χ1) is 20.9. The third-order valence-corrected chi connectivity index (χ3v) is 8.92. The Hall–Kier alpha value is -3.82. The highest BCUT2D eigenvalue weighted by Crippen LogP contribution is 2.31. The number of esters is 1. The minimum absolute atomic E-state index is 0.0261. The fourth-order valence-corrected chi connectivity index (χ4v) is 6.23. The van der Waals surface area contributed by atoms with E-state index in [-0.39, 0.29) is 17.8 Å². The maximum absolute atomic E-state index is 13.8. The molecular weight excluding hydrogens is 586 g/mol. The average molecular weight is 622 g/mol. The third-order valence-electron chi connectivity index (χ3n) is 7.78. The zero-order chi connectivity index (χ0) is 30.3. The van der Waals surface area contributed by atoms with E-state index in [1.54, 1.807) is 13.2 Å². The number of thiazole rings is 1. The van der Waals surface area contributed by atoms with Crippen molar-refractivity contribution < 1.29 is 23.8 Å². The molecule has 0 saturated carbocycles. The van der Waals surface area contributed by atoms with E-state index in [1.807, 2.05) is 60.5 Å². The Labute approximate surface area is 261 Å². The quantitative estimate of drug-likeness (QED) is 0.171. The number of ether oxygens (including phenoxy) is 3. The van der Waals surface area contributed by atoms with Crippen LogP contribution in [0.2, 0.25) is 5.02 Å². The van der Waals surface area contributed by atoms with Crippen molar-refractivity contribution in [3.8, 4) is 22.9 Å². The summed E-state index contributed by atoms with van der Waals surface area (Å²) in [5.74, 6) is 1.07. The molecule has 4 aromatic rings. The number of halogens is 1. The monoisotopic (exact) mass is 621 g/mol. The number of hydrogen-bond acceptors (Lipinski definition) is 7. The average Bonchev–Trinajstić information content (AvgIpc) is 3.63. The van der Waals surface area contributed by atoms with Crippen LogP contribution in [0, 0.1) is 12.8 Å². The van der Waals surface area contributed by atoms with Crippen molar-refractivity contribution in [3.63, 3.8) is 0 Å². The lowest BCUT2D eigenvalue weighted by atomic mass is 9.96. The van der Waals surface area contributed by atoms with E-state index in [9.17, 15) is 9.59 Å². The highest BCUT2D eigenvalue weighted by Gasteiger charge is 2.30. The number of hydrogen-bond donors (Lipinski definition) is 0. The molecule has 1 amide bonds. The summed E-state index contributed by atoms with van der Waals surface area (Å²) < 4.78 is 18.6.